The lowest BCUT2D eigenvalue weighted by Crippen LogP contribution is -2.37. The van der Waals surface area contributed by atoms with E-state index in [-0.39, 0.29) is 16.1 Å². The zero-order valence-electron chi connectivity index (χ0n) is 18.5. The van der Waals surface area contributed by atoms with E-state index in [9.17, 15) is 24.5 Å². The number of aryl methyl sites for hydroxylation is 1. The normalized spacial score (nSPS) is 11.9. The highest BCUT2D eigenvalue weighted by molar-refractivity contribution is 7.99. The number of nitrogens with zero attached hydrogens (tertiary/aromatic N) is 5. The Bertz CT molecular complexity index is 1350. The number of rotatable bonds is 7. The number of carbonyl (C=O) groups excluding carboxylic acids is 3. The predicted octanol–water partition coefficient (Wildman–Crippen LogP) is 1.55. The Kier molecular flexibility index (Phi) is 7.24. The molecule has 1 aliphatic heterocycles. The SMILES string of the molecule is Cn1nnnc1Sc1ccc([N+](=O)[O-])cc1C(=O)OCC(=O)NC(=O)Nc1ccc2c(c1)OCCO2. The molecule has 4 rings (SSSR count). The first kappa shape index (κ1) is 24.4. The molecule has 0 atom stereocenters. The highest BCUT2D eigenvalue weighted by Gasteiger charge is 2.22. The summed E-state index contributed by atoms with van der Waals surface area (Å²) in [6, 6.07) is 7.40. The van der Waals surface area contributed by atoms with Crippen molar-refractivity contribution in [2.75, 3.05) is 25.1 Å². The maximum Gasteiger partial charge on any atom is 0.340 e. The second kappa shape index (κ2) is 10.7. The van der Waals surface area contributed by atoms with Crippen molar-refractivity contribution in [2.45, 2.75) is 10.1 Å². The minimum absolute atomic E-state index is 0.175. The zero-order chi connectivity index (χ0) is 25.7. The minimum atomic E-state index is -1.02. The molecule has 0 radical (unpaired) electrons. The van der Waals surface area contributed by atoms with Gasteiger partial charge in [0, 0.05) is 35.8 Å². The van der Waals surface area contributed by atoms with Gasteiger partial charge in [0.05, 0.1) is 10.5 Å². The lowest BCUT2D eigenvalue weighted by molar-refractivity contribution is -0.384. The average Bonchev–Trinajstić information content (AvgIpc) is 3.26. The minimum Gasteiger partial charge on any atom is -0.486 e. The Labute approximate surface area is 206 Å². The van der Waals surface area contributed by atoms with Crippen molar-refractivity contribution in [1.82, 2.24) is 25.5 Å². The number of fused-ring (bicyclic) bond motifs is 1. The fourth-order valence-electron chi connectivity index (χ4n) is 2.94. The summed E-state index contributed by atoms with van der Waals surface area (Å²) in [5, 5.41) is 26.9. The quantitative estimate of drug-likeness (QED) is 0.263. The van der Waals surface area contributed by atoms with E-state index >= 15 is 0 Å². The third-order valence-electron chi connectivity index (χ3n) is 4.56. The number of nitro groups is 1. The summed E-state index contributed by atoms with van der Waals surface area (Å²) >= 11 is 0.972. The molecule has 36 heavy (non-hydrogen) atoms. The maximum atomic E-state index is 12.6. The summed E-state index contributed by atoms with van der Waals surface area (Å²) in [5.74, 6) is -0.958. The zero-order valence-corrected chi connectivity index (χ0v) is 19.3. The third kappa shape index (κ3) is 5.84. The van der Waals surface area contributed by atoms with Crippen LogP contribution in [0.15, 0.2) is 46.5 Å². The summed E-state index contributed by atoms with van der Waals surface area (Å²) in [7, 11) is 1.58. The average molecular weight is 515 g/mol. The Hall–Kier alpha value is -4.73. The van der Waals surface area contributed by atoms with Gasteiger partial charge in [0.25, 0.3) is 11.6 Å². The van der Waals surface area contributed by atoms with Crippen molar-refractivity contribution in [3.63, 3.8) is 0 Å². The molecule has 16 heteroatoms. The summed E-state index contributed by atoms with van der Waals surface area (Å²) in [6.07, 6.45) is 0. The van der Waals surface area contributed by atoms with E-state index < -0.39 is 29.4 Å². The largest absolute Gasteiger partial charge is 0.486 e. The molecule has 15 nitrogen and oxygen atoms in total. The van der Waals surface area contributed by atoms with Crippen LogP contribution in [0.1, 0.15) is 10.4 Å². The van der Waals surface area contributed by atoms with E-state index in [0.717, 1.165) is 17.8 Å². The molecule has 3 amide bonds. The van der Waals surface area contributed by atoms with Crippen molar-refractivity contribution in [3.05, 3.63) is 52.1 Å². The Morgan fingerprint density at radius 3 is 2.67 bits per heavy atom. The molecule has 0 saturated carbocycles. The number of ether oxygens (including phenoxy) is 3. The number of hydrogen-bond acceptors (Lipinski definition) is 12. The number of urea groups is 1. The van der Waals surface area contributed by atoms with Crippen molar-refractivity contribution < 1.29 is 33.5 Å². The van der Waals surface area contributed by atoms with Crippen LogP contribution in [0, 0.1) is 10.1 Å². The molecule has 3 aromatic rings. The number of esters is 1. The molecular formula is C20H17N7O8S. The molecule has 0 fully saturated rings. The first-order valence-corrected chi connectivity index (χ1v) is 11.0. The highest BCUT2D eigenvalue weighted by atomic mass is 32.2. The summed E-state index contributed by atoms with van der Waals surface area (Å²) in [5.41, 5.74) is -0.186. The number of carbonyl (C=O) groups is 3. The van der Waals surface area contributed by atoms with Crippen LogP contribution in [0.2, 0.25) is 0 Å². The monoisotopic (exact) mass is 515 g/mol. The molecule has 1 aromatic heterocycles. The number of imide groups is 1. The molecule has 1 aliphatic rings. The molecule has 0 aliphatic carbocycles. The van der Waals surface area contributed by atoms with Gasteiger partial charge in [-0.15, -0.1) is 5.10 Å². The van der Waals surface area contributed by atoms with E-state index in [1.54, 1.807) is 19.2 Å². The molecule has 2 aromatic carbocycles. The van der Waals surface area contributed by atoms with Crippen LogP contribution in [0.3, 0.4) is 0 Å². The molecule has 2 heterocycles. The maximum absolute atomic E-state index is 12.6. The first-order chi connectivity index (χ1) is 17.3. The number of hydrogen-bond donors (Lipinski definition) is 2. The number of amides is 3. The van der Waals surface area contributed by atoms with Crippen LogP contribution < -0.4 is 20.1 Å². The predicted molar refractivity (Wildman–Crippen MR) is 121 cm³/mol. The number of anilines is 1. The van der Waals surface area contributed by atoms with E-state index in [1.165, 1.54) is 22.9 Å². The van der Waals surface area contributed by atoms with Crippen LogP contribution in [-0.4, -0.2) is 62.9 Å². The van der Waals surface area contributed by atoms with Gasteiger partial charge in [0.15, 0.2) is 18.1 Å². The number of non-ortho nitro benzene ring substituents is 1. The van der Waals surface area contributed by atoms with E-state index in [4.69, 9.17) is 14.2 Å². The van der Waals surface area contributed by atoms with Gasteiger partial charge in [-0.1, -0.05) is 0 Å². The van der Waals surface area contributed by atoms with Crippen molar-refractivity contribution in [2.24, 2.45) is 7.05 Å². The van der Waals surface area contributed by atoms with Crippen LogP contribution in [0.5, 0.6) is 11.5 Å². The van der Waals surface area contributed by atoms with Crippen LogP contribution in [0.4, 0.5) is 16.2 Å². The van der Waals surface area contributed by atoms with Crippen LogP contribution >= 0.6 is 11.8 Å². The molecule has 2 N–H and O–H groups in total. The Balaban J connectivity index is 1.37. The molecule has 0 spiro atoms. The van der Waals surface area contributed by atoms with E-state index in [1.807, 2.05) is 5.32 Å². The summed E-state index contributed by atoms with van der Waals surface area (Å²) in [6.45, 7) is -0.0279. The number of nitro benzene ring substituents is 1. The van der Waals surface area contributed by atoms with Gasteiger partial charge in [0.1, 0.15) is 13.2 Å². The summed E-state index contributed by atoms with van der Waals surface area (Å²) < 4.78 is 17.1. The van der Waals surface area contributed by atoms with Gasteiger partial charge >= 0.3 is 12.0 Å². The number of nitrogens with one attached hydrogen (secondary N) is 2. The van der Waals surface area contributed by atoms with Crippen molar-refractivity contribution in [1.29, 1.82) is 0 Å². The topological polar surface area (TPSA) is 190 Å². The second-order valence-corrected chi connectivity index (χ2v) is 8.07. The van der Waals surface area contributed by atoms with Gasteiger partial charge < -0.3 is 19.5 Å². The lowest BCUT2D eigenvalue weighted by Gasteiger charge is -2.19. The number of aromatic nitrogens is 4. The molecule has 0 unspecified atom stereocenters. The van der Waals surface area contributed by atoms with Crippen LogP contribution in [0.25, 0.3) is 0 Å². The van der Waals surface area contributed by atoms with E-state index in [0.29, 0.717) is 35.6 Å². The fraction of sp³-hybridized carbons (Fsp3) is 0.200. The van der Waals surface area contributed by atoms with Crippen molar-refractivity contribution >= 4 is 41.0 Å². The lowest BCUT2D eigenvalue weighted by atomic mass is 10.2. The fourth-order valence-corrected chi connectivity index (χ4v) is 3.77. The Morgan fingerprint density at radius 2 is 1.94 bits per heavy atom. The molecular weight excluding hydrogens is 498 g/mol. The second-order valence-electron chi connectivity index (χ2n) is 7.06. The van der Waals surface area contributed by atoms with Gasteiger partial charge in [-0.25, -0.2) is 14.3 Å². The molecule has 186 valence electrons. The number of tetrazole rings is 1. The van der Waals surface area contributed by atoms with E-state index in [2.05, 4.69) is 20.8 Å². The van der Waals surface area contributed by atoms with Gasteiger partial charge in [-0.2, -0.15) is 0 Å². The first-order valence-electron chi connectivity index (χ1n) is 10.2. The van der Waals surface area contributed by atoms with Gasteiger partial charge in [0.2, 0.25) is 5.16 Å². The van der Waals surface area contributed by atoms with Gasteiger partial charge in [-0.3, -0.25) is 20.2 Å². The van der Waals surface area contributed by atoms with Gasteiger partial charge in [-0.05, 0) is 40.4 Å². The van der Waals surface area contributed by atoms with Crippen molar-refractivity contribution in [3.8, 4) is 11.5 Å². The van der Waals surface area contributed by atoms with Crippen LogP contribution in [-0.2, 0) is 16.6 Å². The summed E-state index contributed by atoms with van der Waals surface area (Å²) in [4.78, 5) is 47.7. The molecule has 0 bridgehead atoms. The third-order valence-corrected chi connectivity index (χ3v) is 5.67. The smallest absolute Gasteiger partial charge is 0.340 e. The molecule has 0 saturated heterocycles. The highest BCUT2D eigenvalue weighted by Crippen LogP contribution is 2.33. The standard InChI is InChI=1S/C20H17N7O8S/c1-26-20(23-24-25-26)36-16-5-3-12(27(31)32)9-13(16)18(29)35-10-17(28)22-19(30)21-11-2-4-14-15(8-11)34-7-6-33-14/h2-5,8-9H,6-7,10H2,1H3,(H2,21,22,28,30). The number of benzene rings is 2. The Morgan fingerprint density at radius 1 is 1.17 bits per heavy atom.